The third-order valence-corrected chi connectivity index (χ3v) is 7.51. The Kier molecular flexibility index (Phi) is 5.16. The number of halogens is 1. The molecule has 0 heterocycles. The molecule has 116 valence electrons. The van der Waals surface area contributed by atoms with Crippen LogP contribution >= 0.6 is 11.6 Å². The lowest BCUT2D eigenvalue weighted by Crippen LogP contribution is -2.44. The van der Waals surface area contributed by atoms with E-state index in [1.807, 2.05) is 42.5 Å². The van der Waals surface area contributed by atoms with E-state index in [0.29, 0.717) is 5.50 Å². The minimum Gasteiger partial charge on any atom is -0.457 e. The van der Waals surface area contributed by atoms with Crippen LogP contribution in [-0.2, 0) is 0 Å². The zero-order valence-corrected chi connectivity index (χ0v) is 15.0. The fourth-order valence-electron chi connectivity index (χ4n) is 2.56. The molecule has 0 spiro atoms. The van der Waals surface area contributed by atoms with Crippen molar-refractivity contribution in [1.82, 2.24) is 0 Å². The first-order valence-electron chi connectivity index (χ1n) is 7.71. The number of hydrogen-bond donors (Lipinski definition) is 0. The molecule has 0 radical (unpaired) electrons. The maximum absolute atomic E-state index is 6.28. The second-order valence-electron chi connectivity index (χ2n) is 5.60. The monoisotopic (exact) mass is 338 g/mol. The van der Waals surface area contributed by atoms with Gasteiger partial charge >= 0.3 is 0 Å². The highest BCUT2D eigenvalue weighted by molar-refractivity contribution is 6.89. The Labute approximate surface area is 144 Å². The molecule has 1 unspecified atom stereocenters. The van der Waals surface area contributed by atoms with Crippen molar-refractivity contribution in [2.24, 2.45) is 0 Å². The number of benzene rings is 3. The van der Waals surface area contributed by atoms with Gasteiger partial charge in [0.05, 0.1) is 0 Å². The average Bonchev–Trinajstić information content (AvgIpc) is 2.60. The molecule has 0 N–H and O–H groups in total. The largest absolute Gasteiger partial charge is 0.457 e. The highest BCUT2D eigenvalue weighted by Crippen LogP contribution is 2.19. The van der Waals surface area contributed by atoms with E-state index in [2.05, 4.69) is 43.3 Å². The van der Waals surface area contributed by atoms with Gasteiger partial charge in [0.2, 0.25) is 0 Å². The molecule has 0 saturated heterocycles. The summed E-state index contributed by atoms with van der Waals surface area (Å²) in [6.07, 6.45) is 0. The minimum atomic E-state index is -1.35. The molecular formula is C20H19ClOSi. The molecule has 0 bridgehead atoms. The molecule has 3 heteroatoms. The Morgan fingerprint density at radius 3 is 1.83 bits per heavy atom. The Bertz CT molecular complexity index is 739. The summed E-state index contributed by atoms with van der Waals surface area (Å²) in [5.74, 6) is 1.70. The summed E-state index contributed by atoms with van der Waals surface area (Å²) < 4.78 is 5.85. The Hall–Kier alpha value is -2.03. The zero-order chi connectivity index (χ0) is 16.1. The van der Waals surface area contributed by atoms with Crippen molar-refractivity contribution >= 4 is 30.8 Å². The van der Waals surface area contributed by atoms with Crippen molar-refractivity contribution < 1.29 is 4.74 Å². The fourth-order valence-corrected chi connectivity index (χ4v) is 5.69. The molecule has 3 rings (SSSR count). The van der Waals surface area contributed by atoms with Crippen LogP contribution in [-0.4, -0.2) is 14.3 Å². The molecule has 0 amide bonds. The molecule has 3 aromatic carbocycles. The van der Waals surface area contributed by atoms with Crippen molar-refractivity contribution in [3.63, 3.8) is 0 Å². The van der Waals surface area contributed by atoms with E-state index in [4.69, 9.17) is 16.3 Å². The van der Waals surface area contributed by atoms with Gasteiger partial charge in [-0.3, -0.25) is 0 Å². The average molecular weight is 339 g/mol. The van der Waals surface area contributed by atoms with Crippen molar-refractivity contribution in [3.05, 3.63) is 84.4 Å². The van der Waals surface area contributed by atoms with Gasteiger partial charge < -0.3 is 4.74 Å². The van der Waals surface area contributed by atoms with Gasteiger partial charge in [-0.1, -0.05) is 70.5 Å². The summed E-state index contributed by atoms with van der Waals surface area (Å²) in [5.41, 5.74) is 1.98. The van der Waals surface area contributed by atoms with E-state index in [9.17, 15) is 0 Å². The smallest absolute Gasteiger partial charge is 0.127 e. The molecule has 0 aliphatic rings. The van der Waals surface area contributed by atoms with E-state index in [1.165, 1.54) is 15.9 Å². The number of rotatable bonds is 5. The van der Waals surface area contributed by atoms with Crippen LogP contribution in [0.1, 0.15) is 5.56 Å². The van der Waals surface area contributed by atoms with E-state index in [0.717, 1.165) is 11.5 Å². The summed E-state index contributed by atoms with van der Waals surface area (Å²) in [4.78, 5) is 0. The van der Waals surface area contributed by atoms with Crippen LogP contribution in [0.5, 0.6) is 11.5 Å². The lowest BCUT2D eigenvalue weighted by Gasteiger charge is -2.14. The van der Waals surface area contributed by atoms with Gasteiger partial charge in [-0.05, 0) is 31.2 Å². The summed E-state index contributed by atoms with van der Waals surface area (Å²) in [6, 6.07) is 26.9. The normalized spacial score (nSPS) is 11.9. The lowest BCUT2D eigenvalue weighted by molar-refractivity contribution is 0.483. The van der Waals surface area contributed by atoms with E-state index in [-0.39, 0.29) is 0 Å². The zero-order valence-electron chi connectivity index (χ0n) is 13.1. The third-order valence-electron chi connectivity index (χ3n) is 3.90. The SMILES string of the molecule is Cc1ccc([SiH](CCl)c2ccc(Oc3ccccc3)cc2)cc1. The topological polar surface area (TPSA) is 9.23 Å². The second-order valence-corrected chi connectivity index (χ2v) is 9.27. The second kappa shape index (κ2) is 7.49. The molecule has 0 aliphatic carbocycles. The predicted octanol–water partition coefficient (Wildman–Crippen LogP) is 3.91. The van der Waals surface area contributed by atoms with Crippen molar-refractivity contribution in [2.75, 3.05) is 5.50 Å². The fraction of sp³-hybridized carbons (Fsp3) is 0.100. The summed E-state index contributed by atoms with van der Waals surface area (Å²) in [7, 11) is -1.35. The van der Waals surface area contributed by atoms with Gasteiger partial charge in [-0.15, -0.1) is 11.6 Å². The third kappa shape index (κ3) is 4.04. The van der Waals surface area contributed by atoms with E-state index >= 15 is 0 Å². The molecular weight excluding hydrogens is 320 g/mol. The van der Waals surface area contributed by atoms with Crippen LogP contribution in [0.2, 0.25) is 0 Å². The molecule has 0 saturated carbocycles. The van der Waals surface area contributed by atoms with Gasteiger partial charge in [-0.2, -0.15) is 0 Å². The number of alkyl halides is 1. The van der Waals surface area contributed by atoms with Crippen molar-refractivity contribution in [2.45, 2.75) is 6.92 Å². The maximum Gasteiger partial charge on any atom is 0.127 e. The van der Waals surface area contributed by atoms with Crippen LogP contribution in [0.15, 0.2) is 78.9 Å². The van der Waals surface area contributed by atoms with Crippen LogP contribution < -0.4 is 15.1 Å². The number of para-hydroxylation sites is 1. The van der Waals surface area contributed by atoms with Crippen LogP contribution in [0.4, 0.5) is 0 Å². The van der Waals surface area contributed by atoms with Gasteiger partial charge in [0.1, 0.15) is 20.3 Å². The van der Waals surface area contributed by atoms with Crippen LogP contribution in [0.25, 0.3) is 0 Å². The summed E-state index contributed by atoms with van der Waals surface area (Å²) >= 11 is 6.28. The molecule has 3 aromatic rings. The number of aryl methyl sites for hydroxylation is 1. The van der Waals surface area contributed by atoms with Gasteiger partial charge in [0.15, 0.2) is 0 Å². The van der Waals surface area contributed by atoms with Crippen LogP contribution in [0.3, 0.4) is 0 Å². The quantitative estimate of drug-likeness (QED) is 0.506. The molecule has 0 aliphatic heterocycles. The van der Waals surface area contributed by atoms with Gasteiger partial charge in [0, 0.05) is 5.50 Å². The summed E-state index contributed by atoms with van der Waals surface area (Å²) in [5, 5.41) is 2.71. The van der Waals surface area contributed by atoms with Crippen molar-refractivity contribution in [1.29, 1.82) is 0 Å². The van der Waals surface area contributed by atoms with E-state index in [1.54, 1.807) is 0 Å². The van der Waals surface area contributed by atoms with Gasteiger partial charge in [-0.25, -0.2) is 0 Å². The molecule has 1 atom stereocenters. The maximum atomic E-state index is 6.28. The first-order chi connectivity index (χ1) is 11.3. The highest BCUT2D eigenvalue weighted by atomic mass is 35.5. The first-order valence-corrected chi connectivity index (χ1v) is 10.2. The molecule has 0 aromatic heterocycles. The predicted molar refractivity (Wildman–Crippen MR) is 101 cm³/mol. The standard InChI is InChI=1S/C20H19ClOSi/c1-16-7-11-19(12-8-16)23(15-21)20-13-9-18(10-14-20)22-17-5-3-2-4-6-17/h2-14,23H,15H2,1H3. The Morgan fingerprint density at radius 2 is 1.26 bits per heavy atom. The van der Waals surface area contributed by atoms with Crippen molar-refractivity contribution in [3.8, 4) is 11.5 Å². The van der Waals surface area contributed by atoms with Gasteiger partial charge in [0.25, 0.3) is 0 Å². The number of ether oxygens (including phenoxy) is 1. The molecule has 1 nitrogen and oxygen atoms in total. The minimum absolute atomic E-state index is 0.696. The number of hydrogen-bond acceptors (Lipinski definition) is 1. The molecule has 23 heavy (non-hydrogen) atoms. The lowest BCUT2D eigenvalue weighted by atomic mass is 10.2. The first kappa shape index (κ1) is 15.8. The Balaban J connectivity index is 1.78. The summed E-state index contributed by atoms with van der Waals surface area (Å²) in [6.45, 7) is 2.11. The highest BCUT2D eigenvalue weighted by Gasteiger charge is 2.15. The van der Waals surface area contributed by atoms with Crippen LogP contribution in [0, 0.1) is 6.92 Å². The molecule has 0 fully saturated rings. The van der Waals surface area contributed by atoms with E-state index < -0.39 is 8.80 Å². The Morgan fingerprint density at radius 1 is 0.739 bits per heavy atom.